The standard InChI is InChI=1S/C15H26N2O/c1-5-17-11(2)8-13(12(17)3)10-16-14-6-7-15(9-14)18-4/h8,14-16H,5-7,9-10H2,1-4H3. The molecule has 1 saturated carbocycles. The SMILES string of the molecule is CCn1c(C)cc(CNC2CCC(OC)C2)c1C. The second kappa shape index (κ2) is 5.89. The first-order valence-corrected chi connectivity index (χ1v) is 7.07. The van der Waals surface area contributed by atoms with Crippen LogP contribution in [0.15, 0.2) is 6.07 Å². The van der Waals surface area contributed by atoms with Gasteiger partial charge in [-0.1, -0.05) is 0 Å². The summed E-state index contributed by atoms with van der Waals surface area (Å²) in [5.74, 6) is 0. The minimum Gasteiger partial charge on any atom is -0.381 e. The molecule has 0 bridgehead atoms. The maximum Gasteiger partial charge on any atom is 0.0586 e. The third-order valence-electron chi connectivity index (χ3n) is 4.29. The molecule has 0 amide bonds. The third kappa shape index (κ3) is 2.78. The van der Waals surface area contributed by atoms with Gasteiger partial charge in [0.15, 0.2) is 0 Å². The van der Waals surface area contributed by atoms with Gasteiger partial charge in [-0.2, -0.15) is 0 Å². The van der Waals surface area contributed by atoms with Crippen molar-refractivity contribution in [3.05, 3.63) is 23.0 Å². The van der Waals surface area contributed by atoms with Gasteiger partial charge in [0.2, 0.25) is 0 Å². The van der Waals surface area contributed by atoms with E-state index >= 15 is 0 Å². The van der Waals surface area contributed by atoms with E-state index in [4.69, 9.17) is 4.74 Å². The van der Waals surface area contributed by atoms with Crippen molar-refractivity contribution in [3.63, 3.8) is 0 Å². The maximum absolute atomic E-state index is 5.41. The highest BCUT2D eigenvalue weighted by Crippen LogP contribution is 2.22. The number of nitrogens with zero attached hydrogens (tertiary/aromatic N) is 1. The Morgan fingerprint density at radius 3 is 2.72 bits per heavy atom. The molecule has 0 aliphatic heterocycles. The maximum atomic E-state index is 5.41. The summed E-state index contributed by atoms with van der Waals surface area (Å²) in [6.45, 7) is 8.67. The first-order chi connectivity index (χ1) is 8.65. The van der Waals surface area contributed by atoms with Gasteiger partial charge in [0.05, 0.1) is 6.10 Å². The van der Waals surface area contributed by atoms with E-state index in [2.05, 4.69) is 36.7 Å². The predicted molar refractivity (Wildman–Crippen MR) is 74.9 cm³/mol. The molecule has 1 N–H and O–H groups in total. The van der Waals surface area contributed by atoms with E-state index in [1.165, 1.54) is 29.8 Å². The number of nitrogens with one attached hydrogen (secondary N) is 1. The summed E-state index contributed by atoms with van der Waals surface area (Å²) in [6.07, 6.45) is 4.06. The average molecular weight is 250 g/mol. The normalized spacial score (nSPS) is 23.8. The average Bonchev–Trinajstić information content (AvgIpc) is 2.92. The van der Waals surface area contributed by atoms with Crippen molar-refractivity contribution < 1.29 is 4.74 Å². The van der Waals surface area contributed by atoms with E-state index in [9.17, 15) is 0 Å². The van der Waals surface area contributed by atoms with E-state index in [-0.39, 0.29) is 0 Å². The van der Waals surface area contributed by atoms with Crippen molar-refractivity contribution in [3.8, 4) is 0 Å². The summed E-state index contributed by atoms with van der Waals surface area (Å²) < 4.78 is 7.79. The van der Waals surface area contributed by atoms with Gasteiger partial charge in [-0.3, -0.25) is 0 Å². The molecule has 2 atom stereocenters. The van der Waals surface area contributed by atoms with Crippen molar-refractivity contribution in [2.24, 2.45) is 0 Å². The van der Waals surface area contributed by atoms with Crippen LogP contribution in [0.1, 0.15) is 43.1 Å². The largest absolute Gasteiger partial charge is 0.381 e. The van der Waals surface area contributed by atoms with Gasteiger partial charge in [-0.05, 0) is 51.7 Å². The molecule has 3 heteroatoms. The molecule has 0 aromatic carbocycles. The minimum absolute atomic E-state index is 0.463. The Hall–Kier alpha value is -0.800. The molecule has 0 spiro atoms. The quantitative estimate of drug-likeness (QED) is 0.869. The fourth-order valence-corrected chi connectivity index (χ4v) is 3.13. The predicted octanol–water partition coefficient (Wildman–Crippen LogP) is 2.78. The summed E-state index contributed by atoms with van der Waals surface area (Å²) in [5, 5.41) is 3.67. The molecule has 1 aliphatic carbocycles. The topological polar surface area (TPSA) is 26.2 Å². The summed E-state index contributed by atoms with van der Waals surface area (Å²) in [6, 6.07) is 2.94. The lowest BCUT2D eigenvalue weighted by molar-refractivity contribution is 0.107. The molecule has 1 aliphatic rings. The van der Waals surface area contributed by atoms with E-state index in [0.29, 0.717) is 12.1 Å². The second-order valence-electron chi connectivity index (χ2n) is 5.39. The van der Waals surface area contributed by atoms with Crippen LogP contribution in [0.4, 0.5) is 0 Å². The van der Waals surface area contributed by atoms with Gasteiger partial charge in [-0.25, -0.2) is 0 Å². The summed E-state index contributed by atoms with van der Waals surface area (Å²) in [5.41, 5.74) is 4.21. The van der Waals surface area contributed by atoms with Crippen LogP contribution in [0.25, 0.3) is 0 Å². The molecule has 1 heterocycles. The van der Waals surface area contributed by atoms with E-state index in [1.54, 1.807) is 0 Å². The van der Waals surface area contributed by atoms with Gasteiger partial charge >= 0.3 is 0 Å². The van der Waals surface area contributed by atoms with E-state index < -0.39 is 0 Å². The Labute approximate surface area is 111 Å². The number of hydrogen-bond donors (Lipinski definition) is 1. The fourth-order valence-electron chi connectivity index (χ4n) is 3.13. The second-order valence-corrected chi connectivity index (χ2v) is 5.39. The molecule has 3 nitrogen and oxygen atoms in total. The van der Waals surface area contributed by atoms with Crippen LogP contribution >= 0.6 is 0 Å². The van der Waals surface area contributed by atoms with E-state index in [0.717, 1.165) is 19.5 Å². The number of rotatable bonds is 5. The monoisotopic (exact) mass is 250 g/mol. The number of aromatic nitrogens is 1. The van der Waals surface area contributed by atoms with Crippen LogP contribution in [-0.4, -0.2) is 23.8 Å². The molecule has 1 aromatic rings. The Morgan fingerprint density at radius 1 is 1.39 bits per heavy atom. The molecule has 18 heavy (non-hydrogen) atoms. The molecule has 1 fully saturated rings. The molecule has 1 aromatic heterocycles. The number of methoxy groups -OCH3 is 1. The van der Waals surface area contributed by atoms with Crippen LogP contribution in [-0.2, 0) is 17.8 Å². The molecule has 0 saturated heterocycles. The van der Waals surface area contributed by atoms with Crippen molar-refractivity contribution in [1.82, 2.24) is 9.88 Å². The van der Waals surface area contributed by atoms with Crippen molar-refractivity contribution >= 4 is 0 Å². The smallest absolute Gasteiger partial charge is 0.0586 e. The van der Waals surface area contributed by atoms with Gasteiger partial charge < -0.3 is 14.6 Å². The van der Waals surface area contributed by atoms with Crippen molar-refractivity contribution in [2.45, 2.75) is 65.3 Å². The zero-order valence-electron chi connectivity index (χ0n) is 12.1. The van der Waals surface area contributed by atoms with Gasteiger partial charge in [-0.15, -0.1) is 0 Å². The zero-order valence-corrected chi connectivity index (χ0v) is 12.1. The van der Waals surface area contributed by atoms with Gasteiger partial charge in [0.25, 0.3) is 0 Å². The Morgan fingerprint density at radius 2 is 2.17 bits per heavy atom. The van der Waals surface area contributed by atoms with Crippen LogP contribution < -0.4 is 5.32 Å². The van der Waals surface area contributed by atoms with Gasteiger partial charge in [0.1, 0.15) is 0 Å². The number of hydrogen-bond acceptors (Lipinski definition) is 2. The summed E-state index contributed by atoms with van der Waals surface area (Å²) in [7, 11) is 1.82. The molecular formula is C15H26N2O. The lowest BCUT2D eigenvalue weighted by Gasteiger charge is -2.13. The van der Waals surface area contributed by atoms with Crippen LogP contribution in [0.5, 0.6) is 0 Å². The molecule has 102 valence electrons. The highest BCUT2D eigenvalue weighted by molar-refractivity contribution is 5.26. The fraction of sp³-hybridized carbons (Fsp3) is 0.733. The number of ether oxygens (including phenoxy) is 1. The first kappa shape index (κ1) is 13.6. The van der Waals surface area contributed by atoms with Crippen LogP contribution in [0.3, 0.4) is 0 Å². The van der Waals surface area contributed by atoms with Crippen LogP contribution in [0.2, 0.25) is 0 Å². The number of aryl methyl sites for hydroxylation is 1. The Balaban J connectivity index is 1.91. The highest BCUT2D eigenvalue weighted by Gasteiger charge is 2.24. The molecule has 2 rings (SSSR count). The van der Waals surface area contributed by atoms with Gasteiger partial charge in [0, 0.05) is 37.6 Å². The summed E-state index contributed by atoms with van der Waals surface area (Å²) in [4.78, 5) is 0. The summed E-state index contributed by atoms with van der Waals surface area (Å²) >= 11 is 0. The lowest BCUT2D eigenvalue weighted by Crippen LogP contribution is -2.26. The van der Waals surface area contributed by atoms with E-state index in [1.807, 2.05) is 7.11 Å². The minimum atomic E-state index is 0.463. The first-order valence-electron chi connectivity index (χ1n) is 7.07. The Bertz CT molecular complexity index is 397. The molecular weight excluding hydrogens is 224 g/mol. The molecule has 0 radical (unpaired) electrons. The highest BCUT2D eigenvalue weighted by atomic mass is 16.5. The zero-order chi connectivity index (χ0) is 13.1. The Kier molecular flexibility index (Phi) is 4.46. The van der Waals surface area contributed by atoms with Crippen LogP contribution in [0, 0.1) is 13.8 Å². The van der Waals surface area contributed by atoms with Crippen molar-refractivity contribution in [1.29, 1.82) is 0 Å². The molecule has 2 unspecified atom stereocenters. The third-order valence-corrected chi connectivity index (χ3v) is 4.29. The lowest BCUT2D eigenvalue weighted by atomic mass is 10.2. The van der Waals surface area contributed by atoms with Crippen molar-refractivity contribution in [2.75, 3.05) is 7.11 Å².